The highest BCUT2D eigenvalue weighted by Gasteiger charge is 2.31. The molecule has 5 nitrogen and oxygen atoms in total. The lowest BCUT2D eigenvalue weighted by molar-refractivity contribution is -0.137. The van der Waals surface area contributed by atoms with Gasteiger partial charge in [-0.1, -0.05) is 35.5 Å². The summed E-state index contributed by atoms with van der Waals surface area (Å²) in [5.41, 5.74) is 0.471. The summed E-state index contributed by atoms with van der Waals surface area (Å²) in [6.45, 7) is 0. The van der Waals surface area contributed by atoms with Crippen LogP contribution in [0.25, 0.3) is 11.3 Å². The van der Waals surface area contributed by atoms with Crippen LogP contribution in [-0.2, 0) is 11.0 Å². The van der Waals surface area contributed by atoms with Gasteiger partial charge in [-0.3, -0.25) is 4.79 Å². The van der Waals surface area contributed by atoms with Crippen molar-refractivity contribution in [2.75, 3.05) is 18.2 Å². The van der Waals surface area contributed by atoms with Crippen LogP contribution in [0.2, 0.25) is 5.02 Å². The van der Waals surface area contributed by atoms with E-state index in [-0.39, 0.29) is 16.5 Å². The molecule has 0 bridgehead atoms. The average molecular weight is 454 g/mol. The Hall–Kier alpha value is -2.78. The molecular weight excluding hydrogens is 439 g/mol. The molecule has 0 aliphatic carbocycles. The van der Waals surface area contributed by atoms with E-state index in [4.69, 9.17) is 16.3 Å². The Kier molecular flexibility index (Phi) is 6.84. The highest BCUT2D eigenvalue weighted by atomic mass is 35.5. The zero-order valence-electron chi connectivity index (χ0n) is 15.5. The standard InChI is InChI=1S/C20H15ClF3N3O2S/c1-29-14-4-2-3-12(9-14)16-7-8-19(27-26-16)30-11-18(28)25-17-10-13(20(22,23)24)5-6-15(17)21/h2-10H,11H2,1H3,(H,25,28). The fraction of sp³-hybridized carbons (Fsp3) is 0.150. The Bertz CT molecular complexity index is 1050. The predicted octanol–water partition coefficient (Wildman–Crippen LogP) is 5.56. The van der Waals surface area contributed by atoms with Crippen LogP contribution in [0.1, 0.15) is 5.56 Å². The Balaban J connectivity index is 1.61. The number of methoxy groups -OCH3 is 1. The van der Waals surface area contributed by atoms with E-state index in [0.717, 1.165) is 35.5 Å². The van der Waals surface area contributed by atoms with Gasteiger partial charge in [0.25, 0.3) is 0 Å². The molecule has 10 heteroatoms. The van der Waals surface area contributed by atoms with E-state index in [1.165, 1.54) is 0 Å². The molecule has 0 saturated carbocycles. The van der Waals surface area contributed by atoms with Gasteiger partial charge in [-0.05, 0) is 42.5 Å². The highest BCUT2D eigenvalue weighted by Crippen LogP contribution is 2.34. The number of thioether (sulfide) groups is 1. The van der Waals surface area contributed by atoms with Crippen LogP contribution in [0.15, 0.2) is 59.6 Å². The lowest BCUT2D eigenvalue weighted by atomic mass is 10.1. The number of carbonyl (C=O) groups is 1. The van der Waals surface area contributed by atoms with Gasteiger partial charge in [-0.15, -0.1) is 10.2 Å². The van der Waals surface area contributed by atoms with E-state index in [9.17, 15) is 18.0 Å². The number of aromatic nitrogens is 2. The van der Waals surface area contributed by atoms with E-state index in [0.29, 0.717) is 16.5 Å². The monoisotopic (exact) mass is 453 g/mol. The van der Waals surface area contributed by atoms with Crippen LogP contribution in [0.4, 0.5) is 18.9 Å². The van der Waals surface area contributed by atoms with E-state index in [1.54, 1.807) is 19.2 Å². The van der Waals surface area contributed by atoms with E-state index in [2.05, 4.69) is 15.5 Å². The quantitative estimate of drug-likeness (QED) is 0.495. The van der Waals surface area contributed by atoms with Gasteiger partial charge in [0, 0.05) is 5.56 Å². The number of hydrogen-bond donors (Lipinski definition) is 1. The molecule has 3 aromatic rings. The summed E-state index contributed by atoms with van der Waals surface area (Å²) in [7, 11) is 1.57. The zero-order valence-corrected chi connectivity index (χ0v) is 17.1. The number of hydrogen-bond acceptors (Lipinski definition) is 5. The summed E-state index contributed by atoms with van der Waals surface area (Å²) < 4.78 is 43.6. The summed E-state index contributed by atoms with van der Waals surface area (Å²) in [6.07, 6.45) is -4.53. The maximum atomic E-state index is 12.8. The molecule has 0 saturated heterocycles. The van der Waals surface area contributed by atoms with Gasteiger partial charge in [0.2, 0.25) is 5.91 Å². The predicted molar refractivity (Wildman–Crippen MR) is 110 cm³/mol. The van der Waals surface area contributed by atoms with Crippen LogP contribution < -0.4 is 10.1 Å². The second-order valence-electron chi connectivity index (χ2n) is 6.02. The minimum absolute atomic E-state index is 0.0174. The fourth-order valence-electron chi connectivity index (χ4n) is 2.46. The molecule has 1 aromatic heterocycles. The number of benzene rings is 2. The molecule has 0 spiro atoms. The molecule has 1 N–H and O–H groups in total. The Morgan fingerprint density at radius 2 is 1.93 bits per heavy atom. The largest absolute Gasteiger partial charge is 0.497 e. The third kappa shape index (κ3) is 5.64. The molecule has 30 heavy (non-hydrogen) atoms. The van der Waals surface area contributed by atoms with Crippen molar-refractivity contribution in [3.63, 3.8) is 0 Å². The number of nitrogens with one attached hydrogen (secondary N) is 1. The highest BCUT2D eigenvalue weighted by molar-refractivity contribution is 7.99. The van der Waals surface area contributed by atoms with Crippen LogP contribution in [-0.4, -0.2) is 29.0 Å². The van der Waals surface area contributed by atoms with Crippen molar-refractivity contribution >= 4 is 35.0 Å². The summed E-state index contributed by atoms with van der Waals surface area (Å²) in [5.74, 6) is 0.109. The molecular formula is C20H15ClF3N3O2S. The number of anilines is 1. The minimum Gasteiger partial charge on any atom is -0.497 e. The lowest BCUT2D eigenvalue weighted by Crippen LogP contribution is -2.15. The Morgan fingerprint density at radius 3 is 2.60 bits per heavy atom. The summed E-state index contributed by atoms with van der Waals surface area (Å²) in [4.78, 5) is 12.1. The normalized spacial score (nSPS) is 11.2. The van der Waals surface area contributed by atoms with Crippen LogP contribution in [0.5, 0.6) is 5.75 Å². The lowest BCUT2D eigenvalue weighted by Gasteiger charge is -2.11. The van der Waals surface area contributed by atoms with E-state index < -0.39 is 17.6 Å². The SMILES string of the molecule is COc1cccc(-c2ccc(SCC(=O)Nc3cc(C(F)(F)F)ccc3Cl)nn2)c1. The van der Waals surface area contributed by atoms with Gasteiger partial charge < -0.3 is 10.1 Å². The summed E-state index contributed by atoms with van der Waals surface area (Å²) >= 11 is 6.98. The molecule has 0 aliphatic heterocycles. The number of halogens is 4. The van der Waals surface area contributed by atoms with Crippen molar-refractivity contribution in [3.8, 4) is 17.0 Å². The molecule has 0 radical (unpaired) electrons. The summed E-state index contributed by atoms with van der Waals surface area (Å²) in [5, 5.41) is 11.1. The first-order valence-electron chi connectivity index (χ1n) is 8.54. The molecule has 0 aliphatic rings. The van der Waals surface area contributed by atoms with Gasteiger partial charge in [-0.2, -0.15) is 13.2 Å². The van der Waals surface area contributed by atoms with Crippen LogP contribution in [0.3, 0.4) is 0 Å². The topological polar surface area (TPSA) is 64.1 Å². The van der Waals surface area contributed by atoms with Crippen molar-refractivity contribution in [1.29, 1.82) is 0 Å². The second-order valence-corrected chi connectivity index (χ2v) is 7.42. The Labute approximate surface area is 179 Å². The molecule has 3 rings (SSSR count). The minimum atomic E-state index is -4.53. The maximum Gasteiger partial charge on any atom is 0.416 e. The Morgan fingerprint density at radius 1 is 1.13 bits per heavy atom. The summed E-state index contributed by atoms with van der Waals surface area (Å²) in [6, 6.07) is 13.5. The molecule has 156 valence electrons. The fourth-order valence-corrected chi connectivity index (χ4v) is 3.24. The van der Waals surface area contributed by atoms with Gasteiger partial charge in [0.15, 0.2) is 0 Å². The van der Waals surface area contributed by atoms with Crippen LogP contribution in [0, 0.1) is 0 Å². The van der Waals surface area contributed by atoms with Gasteiger partial charge in [-0.25, -0.2) is 0 Å². The number of carbonyl (C=O) groups excluding carboxylic acids is 1. The molecule has 1 amide bonds. The first-order valence-corrected chi connectivity index (χ1v) is 9.90. The van der Waals surface area contributed by atoms with E-state index in [1.807, 2.05) is 24.3 Å². The van der Waals surface area contributed by atoms with Crippen molar-refractivity contribution in [1.82, 2.24) is 10.2 Å². The first kappa shape index (κ1) is 21.9. The number of ether oxygens (including phenoxy) is 1. The number of alkyl halides is 3. The first-order chi connectivity index (χ1) is 14.3. The van der Waals surface area contributed by atoms with Crippen molar-refractivity contribution < 1.29 is 22.7 Å². The molecule has 1 heterocycles. The van der Waals surface area contributed by atoms with Crippen LogP contribution >= 0.6 is 23.4 Å². The zero-order chi connectivity index (χ0) is 21.7. The second kappa shape index (κ2) is 9.36. The van der Waals surface area contributed by atoms with Crippen molar-refractivity contribution in [2.45, 2.75) is 11.2 Å². The average Bonchev–Trinajstić information content (AvgIpc) is 2.73. The maximum absolute atomic E-state index is 12.8. The van der Waals surface area contributed by atoms with Gasteiger partial charge in [0.1, 0.15) is 10.8 Å². The molecule has 0 atom stereocenters. The molecule has 2 aromatic carbocycles. The van der Waals surface area contributed by atoms with Crippen molar-refractivity contribution in [3.05, 3.63) is 65.2 Å². The number of amides is 1. The number of rotatable bonds is 6. The van der Waals surface area contributed by atoms with E-state index >= 15 is 0 Å². The van der Waals surface area contributed by atoms with Gasteiger partial charge in [0.05, 0.1) is 34.8 Å². The molecule has 0 fully saturated rings. The smallest absolute Gasteiger partial charge is 0.416 e. The molecule has 0 unspecified atom stereocenters. The van der Waals surface area contributed by atoms with Crippen molar-refractivity contribution in [2.24, 2.45) is 0 Å². The number of nitrogens with zero attached hydrogens (tertiary/aromatic N) is 2. The third-order valence-electron chi connectivity index (χ3n) is 3.92. The third-order valence-corrected chi connectivity index (χ3v) is 5.17. The van der Waals surface area contributed by atoms with Gasteiger partial charge >= 0.3 is 6.18 Å².